The third-order valence-corrected chi connectivity index (χ3v) is 6.10. The summed E-state index contributed by atoms with van der Waals surface area (Å²) in [4.78, 5) is 20.0. The van der Waals surface area contributed by atoms with E-state index in [0.717, 1.165) is 22.3 Å². The zero-order valence-corrected chi connectivity index (χ0v) is 17.3. The monoisotopic (exact) mass is 416 g/mol. The Labute approximate surface area is 178 Å². The molecule has 5 nitrogen and oxygen atoms in total. The minimum Gasteiger partial charge on any atom is -0.485 e. The molecule has 1 amide bonds. The average molecular weight is 417 g/mol. The number of carbonyl (C=O) groups excluding carboxylic acids is 1. The minimum absolute atomic E-state index is 0.157. The molecule has 2 heterocycles. The molecule has 0 N–H and O–H groups in total. The van der Waals surface area contributed by atoms with Gasteiger partial charge in [0.05, 0.1) is 15.9 Å². The number of amides is 1. The van der Waals surface area contributed by atoms with Crippen molar-refractivity contribution in [3.05, 3.63) is 78.4 Å². The molecule has 150 valence electrons. The molecule has 3 aromatic carbocycles. The number of aromatic nitrogens is 1. The highest BCUT2D eigenvalue weighted by molar-refractivity contribution is 7.22. The van der Waals surface area contributed by atoms with Crippen LogP contribution in [0.15, 0.2) is 72.8 Å². The standard InChI is InChI=1S/C24H20N2O3S/c1-2-16-11-13-17(14-12-16)26(24-25-18-7-3-6-10-22(18)30-24)23(27)21-15-28-19-8-4-5-9-20(19)29-21/h3-14,21H,2,15H2,1H3. The highest BCUT2D eigenvalue weighted by atomic mass is 32.1. The summed E-state index contributed by atoms with van der Waals surface area (Å²) >= 11 is 1.49. The van der Waals surface area contributed by atoms with Gasteiger partial charge in [0.2, 0.25) is 6.10 Å². The van der Waals surface area contributed by atoms with Crippen LogP contribution in [-0.4, -0.2) is 23.6 Å². The minimum atomic E-state index is -0.752. The van der Waals surface area contributed by atoms with Crippen LogP contribution in [0.1, 0.15) is 12.5 Å². The van der Waals surface area contributed by atoms with Gasteiger partial charge in [0.25, 0.3) is 5.91 Å². The van der Waals surface area contributed by atoms with Crippen LogP contribution in [0, 0.1) is 0 Å². The number of benzene rings is 3. The molecule has 0 bridgehead atoms. The quantitative estimate of drug-likeness (QED) is 0.449. The van der Waals surface area contributed by atoms with E-state index in [4.69, 9.17) is 14.5 Å². The SMILES string of the molecule is CCc1ccc(N(C(=O)C2COc3ccccc3O2)c2nc3ccccc3s2)cc1. The summed E-state index contributed by atoms with van der Waals surface area (Å²) in [7, 11) is 0. The second kappa shape index (κ2) is 7.80. The Morgan fingerprint density at radius 1 is 1.03 bits per heavy atom. The Hall–Kier alpha value is -3.38. The number of aryl methyl sites for hydroxylation is 1. The highest BCUT2D eigenvalue weighted by Crippen LogP contribution is 2.36. The van der Waals surface area contributed by atoms with Crippen LogP contribution < -0.4 is 14.4 Å². The largest absolute Gasteiger partial charge is 0.485 e. The van der Waals surface area contributed by atoms with E-state index in [1.807, 2.05) is 72.8 Å². The van der Waals surface area contributed by atoms with Crippen LogP contribution in [0.25, 0.3) is 10.2 Å². The van der Waals surface area contributed by atoms with Crippen molar-refractivity contribution in [2.45, 2.75) is 19.4 Å². The van der Waals surface area contributed by atoms with Crippen LogP contribution in [-0.2, 0) is 11.2 Å². The lowest BCUT2D eigenvalue weighted by Gasteiger charge is -2.29. The molecule has 1 aromatic heterocycles. The van der Waals surface area contributed by atoms with E-state index in [1.165, 1.54) is 16.9 Å². The van der Waals surface area contributed by atoms with E-state index < -0.39 is 6.10 Å². The van der Waals surface area contributed by atoms with Crippen LogP contribution in [0.3, 0.4) is 0 Å². The van der Waals surface area contributed by atoms with Gasteiger partial charge in [0, 0.05) is 0 Å². The number of ether oxygens (including phenoxy) is 2. The Bertz CT molecular complexity index is 1170. The first-order valence-corrected chi connectivity index (χ1v) is 10.7. The number of anilines is 2. The van der Waals surface area contributed by atoms with E-state index in [0.29, 0.717) is 16.6 Å². The molecule has 0 spiro atoms. The molecular formula is C24H20N2O3S. The number of para-hydroxylation sites is 3. The van der Waals surface area contributed by atoms with Crippen molar-refractivity contribution in [1.82, 2.24) is 4.98 Å². The molecule has 4 aromatic rings. The summed E-state index contributed by atoms with van der Waals surface area (Å²) in [6.07, 6.45) is 0.184. The van der Waals surface area contributed by atoms with Crippen molar-refractivity contribution < 1.29 is 14.3 Å². The van der Waals surface area contributed by atoms with Gasteiger partial charge in [-0.05, 0) is 48.4 Å². The fourth-order valence-corrected chi connectivity index (χ4v) is 4.45. The predicted molar refractivity (Wildman–Crippen MR) is 119 cm³/mol. The maximum atomic E-state index is 13.6. The summed E-state index contributed by atoms with van der Waals surface area (Å²) < 4.78 is 12.8. The molecule has 0 fully saturated rings. The zero-order valence-electron chi connectivity index (χ0n) is 16.4. The number of carbonyl (C=O) groups is 1. The summed E-state index contributed by atoms with van der Waals surface area (Å²) in [6, 6.07) is 23.3. The van der Waals surface area contributed by atoms with Gasteiger partial charge in [-0.3, -0.25) is 9.69 Å². The molecule has 1 unspecified atom stereocenters. The van der Waals surface area contributed by atoms with Gasteiger partial charge in [-0.2, -0.15) is 0 Å². The first-order chi connectivity index (χ1) is 14.7. The van der Waals surface area contributed by atoms with Crippen molar-refractivity contribution in [2.75, 3.05) is 11.5 Å². The molecule has 30 heavy (non-hydrogen) atoms. The van der Waals surface area contributed by atoms with Crippen LogP contribution in [0.4, 0.5) is 10.8 Å². The van der Waals surface area contributed by atoms with Crippen LogP contribution >= 0.6 is 11.3 Å². The molecule has 0 radical (unpaired) electrons. The number of hydrogen-bond acceptors (Lipinski definition) is 5. The van der Waals surface area contributed by atoms with Gasteiger partial charge < -0.3 is 9.47 Å². The Morgan fingerprint density at radius 2 is 1.77 bits per heavy atom. The number of thiazole rings is 1. The van der Waals surface area contributed by atoms with Gasteiger partial charge in [-0.1, -0.05) is 54.7 Å². The average Bonchev–Trinajstić information content (AvgIpc) is 3.23. The smallest absolute Gasteiger partial charge is 0.278 e. The molecule has 0 saturated carbocycles. The Balaban J connectivity index is 1.54. The molecule has 1 aliphatic heterocycles. The predicted octanol–water partition coefficient (Wildman–Crippen LogP) is 5.36. The van der Waals surface area contributed by atoms with Gasteiger partial charge in [-0.15, -0.1) is 0 Å². The summed E-state index contributed by atoms with van der Waals surface area (Å²) in [6.45, 7) is 2.26. The number of nitrogens with zero attached hydrogens (tertiary/aromatic N) is 2. The lowest BCUT2D eigenvalue weighted by Crippen LogP contribution is -2.44. The number of fused-ring (bicyclic) bond motifs is 2. The third kappa shape index (κ3) is 3.39. The molecule has 1 atom stereocenters. The number of rotatable bonds is 4. The number of hydrogen-bond donors (Lipinski definition) is 0. The molecule has 1 aliphatic rings. The van der Waals surface area contributed by atoms with Crippen LogP contribution in [0.5, 0.6) is 11.5 Å². The second-order valence-corrected chi connectivity index (χ2v) is 8.03. The van der Waals surface area contributed by atoms with Crippen LogP contribution in [0.2, 0.25) is 0 Å². The maximum Gasteiger partial charge on any atom is 0.278 e. The summed E-state index contributed by atoms with van der Waals surface area (Å²) in [5, 5.41) is 0.618. The first kappa shape index (κ1) is 18.6. The molecular weight excluding hydrogens is 396 g/mol. The fourth-order valence-electron chi connectivity index (χ4n) is 3.45. The molecule has 6 heteroatoms. The van der Waals surface area contributed by atoms with Gasteiger partial charge in [0.15, 0.2) is 16.6 Å². The Kier molecular flexibility index (Phi) is 4.85. The first-order valence-electron chi connectivity index (χ1n) is 9.90. The van der Waals surface area contributed by atoms with Crippen molar-refractivity contribution >= 4 is 38.3 Å². The van der Waals surface area contributed by atoms with Crippen molar-refractivity contribution in [3.8, 4) is 11.5 Å². The lowest BCUT2D eigenvalue weighted by molar-refractivity contribution is -0.126. The lowest BCUT2D eigenvalue weighted by atomic mass is 10.1. The third-order valence-electron chi connectivity index (χ3n) is 5.08. The van der Waals surface area contributed by atoms with Gasteiger partial charge in [-0.25, -0.2) is 4.98 Å². The summed E-state index contributed by atoms with van der Waals surface area (Å²) in [5.74, 6) is 1.03. The highest BCUT2D eigenvalue weighted by Gasteiger charge is 2.34. The molecule has 0 aliphatic carbocycles. The van der Waals surface area contributed by atoms with Crippen molar-refractivity contribution in [1.29, 1.82) is 0 Å². The van der Waals surface area contributed by atoms with E-state index in [2.05, 4.69) is 6.92 Å². The second-order valence-electron chi connectivity index (χ2n) is 7.02. The summed E-state index contributed by atoms with van der Waals surface area (Å²) in [5.41, 5.74) is 2.84. The molecule has 0 saturated heterocycles. The topological polar surface area (TPSA) is 51.7 Å². The normalized spacial score (nSPS) is 15.2. The van der Waals surface area contributed by atoms with Crippen molar-refractivity contribution in [3.63, 3.8) is 0 Å². The maximum absolute atomic E-state index is 13.6. The van der Waals surface area contributed by atoms with Crippen molar-refractivity contribution in [2.24, 2.45) is 0 Å². The molecule has 5 rings (SSSR count). The Morgan fingerprint density at radius 3 is 2.53 bits per heavy atom. The van der Waals surface area contributed by atoms with Gasteiger partial charge in [0.1, 0.15) is 6.61 Å². The van der Waals surface area contributed by atoms with Gasteiger partial charge >= 0.3 is 0 Å². The zero-order chi connectivity index (χ0) is 20.5. The van der Waals surface area contributed by atoms with E-state index in [-0.39, 0.29) is 12.5 Å². The van der Waals surface area contributed by atoms with E-state index >= 15 is 0 Å². The van der Waals surface area contributed by atoms with E-state index in [9.17, 15) is 4.79 Å². The van der Waals surface area contributed by atoms with E-state index in [1.54, 1.807) is 4.90 Å². The fraction of sp³-hybridized carbons (Fsp3) is 0.167.